The van der Waals surface area contributed by atoms with Gasteiger partial charge in [-0.15, -0.1) is 0 Å². The van der Waals surface area contributed by atoms with Crippen LogP contribution < -0.4 is 10.5 Å². The predicted octanol–water partition coefficient (Wildman–Crippen LogP) is 3.04. The van der Waals surface area contributed by atoms with Crippen LogP contribution in [0.15, 0.2) is 36.4 Å². The highest BCUT2D eigenvalue weighted by atomic mass is 19.2. The quantitative estimate of drug-likeness (QED) is 0.836. The Morgan fingerprint density at radius 2 is 1.89 bits per heavy atom. The van der Waals surface area contributed by atoms with Gasteiger partial charge in [0.25, 0.3) is 0 Å². The molecule has 0 fully saturated rings. The number of hydrogen-bond donors (Lipinski definition) is 2. The molecule has 98 valence electrons. The van der Waals surface area contributed by atoms with Gasteiger partial charge in [0.1, 0.15) is 0 Å². The maximum absolute atomic E-state index is 13.4. The average Bonchev–Trinajstić information content (AvgIpc) is 2.37. The lowest BCUT2D eigenvalue weighted by Gasteiger charge is -2.10. The summed E-state index contributed by atoms with van der Waals surface area (Å²) in [6.45, 7) is 0. The van der Waals surface area contributed by atoms with E-state index in [1.807, 2.05) is 0 Å². The van der Waals surface area contributed by atoms with Gasteiger partial charge in [0.15, 0.2) is 17.3 Å². The molecule has 0 spiro atoms. The normalized spacial score (nSPS) is 10.2. The fourth-order valence-electron chi connectivity index (χ4n) is 1.44. The van der Waals surface area contributed by atoms with Crippen molar-refractivity contribution < 1.29 is 23.4 Å². The molecular formula is C13H9F2NO3. The average molecular weight is 265 g/mol. The number of ether oxygens (including phenoxy) is 1. The minimum absolute atomic E-state index is 0.0515. The van der Waals surface area contributed by atoms with Crippen LogP contribution in [0.2, 0.25) is 0 Å². The molecule has 0 saturated heterocycles. The summed E-state index contributed by atoms with van der Waals surface area (Å²) in [5.41, 5.74) is 5.64. The van der Waals surface area contributed by atoms with Crippen LogP contribution in [0.3, 0.4) is 0 Å². The van der Waals surface area contributed by atoms with Crippen LogP contribution in [0.5, 0.6) is 11.5 Å². The third kappa shape index (κ3) is 2.62. The Hall–Kier alpha value is -2.63. The van der Waals surface area contributed by atoms with Crippen molar-refractivity contribution in [2.45, 2.75) is 0 Å². The third-order valence-corrected chi connectivity index (χ3v) is 2.40. The molecule has 2 aromatic carbocycles. The standard InChI is InChI=1S/C13H9F2NO3/c14-8-2-1-3-10(12(8)15)19-11-6-7(13(17)18)4-5-9(11)16/h1-6H,16H2,(H,17,18). The minimum Gasteiger partial charge on any atom is -0.478 e. The van der Waals surface area contributed by atoms with E-state index in [0.29, 0.717) is 0 Å². The van der Waals surface area contributed by atoms with Gasteiger partial charge in [-0.05, 0) is 30.3 Å². The molecule has 0 amide bonds. The molecule has 4 nitrogen and oxygen atoms in total. The molecule has 0 unspecified atom stereocenters. The monoisotopic (exact) mass is 265 g/mol. The SMILES string of the molecule is Nc1ccc(C(=O)O)cc1Oc1cccc(F)c1F. The summed E-state index contributed by atoms with van der Waals surface area (Å²) < 4.78 is 31.5. The highest BCUT2D eigenvalue weighted by Gasteiger charge is 2.13. The summed E-state index contributed by atoms with van der Waals surface area (Å²) in [6, 6.07) is 7.17. The van der Waals surface area contributed by atoms with Gasteiger partial charge < -0.3 is 15.6 Å². The van der Waals surface area contributed by atoms with Gasteiger partial charge in [0.05, 0.1) is 11.3 Å². The first kappa shape index (κ1) is 12.8. The summed E-state index contributed by atoms with van der Waals surface area (Å²) >= 11 is 0. The second-order valence-electron chi connectivity index (χ2n) is 3.71. The number of benzene rings is 2. The molecular weight excluding hydrogens is 256 g/mol. The zero-order valence-corrected chi connectivity index (χ0v) is 9.56. The van der Waals surface area contributed by atoms with Crippen LogP contribution in [-0.2, 0) is 0 Å². The molecule has 0 aliphatic rings. The van der Waals surface area contributed by atoms with Crippen molar-refractivity contribution in [1.82, 2.24) is 0 Å². The number of halogens is 2. The minimum atomic E-state index is -1.18. The molecule has 0 aromatic heterocycles. The number of rotatable bonds is 3. The predicted molar refractivity (Wildman–Crippen MR) is 64.2 cm³/mol. The van der Waals surface area contributed by atoms with Crippen molar-refractivity contribution in [3.63, 3.8) is 0 Å². The Balaban J connectivity index is 2.40. The summed E-state index contributed by atoms with van der Waals surface area (Å²) in [6.07, 6.45) is 0. The van der Waals surface area contributed by atoms with Gasteiger partial charge in [-0.2, -0.15) is 4.39 Å². The van der Waals surface area contributed by atoms with Gasteiger partial charge in [-0.25, -0.2) is 9.18 Å². The summed E-state index contributed by atoms with van der Waals surface area (Å²) in [5, 5.41) is 8.83. The van der Waals surface area contributed by atoms with Crippen molar-refractivity contribution >= 4 is 11.7 Å². The molecule has 6 heteroatoms. The van der Waals surface area contributed by atoms with E-state index in [1.165, 1.54) is 24.3 Å². The van der Waals surface area contributed by atoms with Gasteiger partial charge >= 0.3 is 5.97 Å². The molecule has 0 aliphatic heterocycles. The number of aromatic carboxylic acids is 1. The molecule has 0 aliphatic carbocycles. The number of anilines is 1. The van der Waals surface area contributed by atoms with Crippen molar-refractivity contribution in [3.05, 3.63) is 53.6 Å². The number of carbonyl (C=O) groups is 1. The Kier molecular flexibility index (Phi) is 3.33. The Bertz CT molecular complexity index is 644. The summed E-state index contributed by atoms with van der Waals surface area (Å²) in [5.74, 6) is -3.82. The molecule has 0 radical (unpaired) electrons. The molecule has 0 atom stereocenters. The highest BCUT2D eigenvalue weighted by Crippen LogP contribution is 2.30. The maximum atomic E-state index is 13.4. The number of nitrogen functional groups attached to an aromatic ring is 1. The third-order valence-electron chi connectivity index (χ3n) is 2.40. The molecule has 2 aromatic rings. The zero-order valence-electron chi connectivity index (χ0n) is 9.56. The Morgan fingerprint density at radius 3 is 2.58 bits per heavy atom. The van der Waals surface area contributed by atoms with E-state index in [0.717, 1.165) is 12.1 Å². The second kappa shape index (κ2) is 4.93. The summed E-state index contributed by atoms with van der Waals surface area (Å²) in [4.78, 5) is 10.8. The van der Waals surface area contributed by atoms with Crippen molar-refractivity contribution in [2.75, 3.05) is 5.73 Å². The zero-order chi connectivity index (χ0) is 14.0. The smallest absolute Gasteiger partial charge is 0.335 e. The molecule has 19 heavy (non-hydrogen) atoms. The van der Waals surface area contributed by atoms with Crippen molar-refractivity contribution in [3.8, 4) is 11.5 Å². The van der Waals surface area contributed by atoms with Gasteiger partial charge in [-0.1, -0.05) is 6.07 Å². The molecule has 0 bridgehead atoms. The van der Waals surface area contributed by atoms with E-state index >= 15 is 0 Å². The Morgan fingerprint density at radius 1 is 1.16 bits per heavy atom. The molecule has 3 N–H and O–H groups in total. The number of carboxylic acid groups (broad SMARTS) is 1. The van der Waals surface area contributed by atoms with E-state index < -0.39 is 17.6 Å². The van der Waals surface area contributed by atoms with Crippen molar-refractivity contribution in [2.24, 2.45) is 0 Å². The van der Waals surface area contributed by atoms with Crippen LogP contribution in [0.4, 0.5) is 14.5 Å². The van der Waals surface area contributed by atoms with E-state index in [2.05, 4.69) is 0 Å². The lowest BCUT2D eigenvalue weighted by molar-refractivity contribution is 0.0696. The first-order valence-electron chi connectivity index (χ1n) is 5.23. The highest BCUT2D eigenvalue weighted by molar-refractivity contribution is 5.89. The lowest BCUT2D eigenvalue weighted by Crippen LogP contribution is -2.00. The number of carboxylic acids is 1. The maximum Gasteiger partial charge on any atom is 0.335 e. The van der Waals surface area contributed by atoms with E-state index in [-0.39, 0.29) is 22.7 Å². The first-order valence-corrected chi connectivity index (χ1v) is 5.23. The molecule has 2 rings (SSSR count). The van der Waals surface area contributed by atoms with Crippen LogP contribution in [0, 0.1) is 11.6 Å². The first-order chi connectivity index (χ1) is 8.99. The van der Waals surface area contributed by atoms with E-state index in [4.69, 9.17) is 15.6 Å². The fourth-order valence-corrected chi connectivity index (χ4v) is 1.44. The lowest BCUT2D eigenvalue weighted by atomic mass is 10.2. The topological polar surface area (TPSA) is 72.6 Å². The number of nitrogens with two attached hydrogens (primary N) is 1. The van der Waals surface area contributed by atoms with Crippen LogP contribution >= 0.6 is 0 Å². The van der Waals surface area contributed by atoms with Crippen LogP contribution in [0.25, 0.3) is 0 Å². The van der Waals surface area contributed by atoms with Gasteiger partial charge in [0.2, 0.25) is 5.82 Å². The second-order valence-corrected chi connectivity index (χ2v) is 3.71. The molecule has 0 heterocycles. The van der Waals surface area contributed by atoms with E-state index in [9.17, 15) is 13.6 Å². The summed E-state index contributed by atoms with van der Waals surface area (Å²) in [7, 11) is 0. The van der Waals surface area contributed by atoms with Crippen molar-refractivity contribution in [1.29, 1.82) is 0 Å². The van der Waals surface area contributed by atoms with E-state index in [1.54, 1.807) is 0 Å². The fraction of sp³-hybridized carbons (Fsp3) is 0. The van der Waals surface area contributed by atoms with Gasteiger partial charge in [0, 0.05) is 0 Å². The van der Waals surface area contributed by atoms with Crippen LogP contribution in [-0.4, -0.2) is 11.1 Å². The van der Waals surface area contributed by atoms with Gasteiger partial charge in [-0.3, -0.25) is 0 Å². The number of hydrogen-bond acceptors (Lipinski definition) is 3. The van der Waals surface area contributed by atoms with Crippen LogP contribution in [0.1, 0.15) is 10.4 Å². The largest absolute Gasteiger partial charge is 0.478 e. The Labute approximate surface area is 107 Å². The molecule has 0 saturated carbocycles.